The van der Waals surface area contributed by atoms with E-state index in [0.717, 1.165) is 5.69 Å². The highest BCUT2D eigenvalue weighted by atomic mass is 32.2. The topological polar surface area (TPSA) is 115 Å². The molecule has 1 N–H and O–H groups in total. The molecule has 8 nitrogen and oxygen atoms in total. The molecule has 1 saturated heterocycles. The third-order valence-corrected chi connectivity index (χ3v) is 5.83. The van der Waals surface area contributed by atoms with E-state index in [0.29, 0.717) is 30.0 Å². The molecule has 25 heavy (non-hydrogen) atoms. The number of aryl methyl sites for hydroxylation is 1. The number of non-ortho nitro benzene ring substituents is 1. The van der Waals surface area contributed by atoms with Crippen molar-refractivity contribution in [1.82, 2.24) is 9.97 Å². The lowest BCUT2D eigenvalue weighted by molar-refractivity contribution is -0.384. The van der Waals surface area contributed by atoms with E-state index < -0.39 is 14.8 Å². The first-order valence-electron chi connectivity index (χ1n) is 7.96. The smallest absolute Gasteiger partial charge is 0.269 e. The van der Waals surface area contributed by atoms with Crippen LogP contribution in [0.4, 0.5) is 11.5 Å². The number of nitro benzene ring substituents is 1. The molecular formula is C16H18N4O4S. The Hall–Kier alpha value is -2.55. The Balaban J connectivity index is 1.88. The molecule has 0 amide bonds. The van der Waals surface area contributed by atoms with E-state index in [-0.39, 0.29) is 23.2 Å². The predicted octanol–water partition coefficient (Wildman–Crippen LogP) is 2.21. The van der Waals surface area contributed by atoms with Crippen LogP contribution >= 0.6 is 0 Å². The summed E-state index contributed by atoms with van der Waals surface area (Å²) in [5.74, 6) is 1.32. The summed E-state index contributed by atoms with van der Waals surface area (Å²) in [6.45, 7) is 1.96. The Kier molecular flexibility index (Phi) is 4.67. The molecule has 2 heterocycles. The van der Waals surface area contributed by atoms with Gasteiger partial charge in [0, 0.05) is 35.5 Å². The molecule has 0 bridgehead atoms. The zero-order chi connectivity index (χ0) is 18.0. The first-order valence-corrected chi connectivity index (χ1v) is 9.78. The largest absolute Gasteiger partial charge is 0.366 e. The van der Waals surface area contributed by atoms with E-state index >= 15 is 0 Å². The highest BCUT2D eigenvalue weighted by molar-refractivity contribution is 7.91. The number of nitrogens with zero attached hydrogens (tertiary/aromatic N) is 3. The molecular weight excluding hydrogens is 344 g/mol. The summed E-state index contributed by atoms with van der Waals surface area (Å²) in [5.41, 5.74) is 1.49. The Bertz CT molecular complexity index is 897. The van der Waals surface area contributed by atoms with Crippen molar-refractivity contribution in [2.24, 2.45) is 0 Å². The minimum Gasteiger partial charge on any atom is -0.366 e. The van der Waals surface area contributed by atoms with Crippen molar-refractivity contribution in [2.75, 3.05) is 16.8 Å². The van der Waals surface area contributed by atoms with Crippen molar-refractivity contribution in [3.63, 3.8) is 0 Å². The number of anilines is 1. The standard InChI is InChI=1S/C16H18N4O4S/c1-2-12-9-15(17-13-7-8-25(23,24)10-13)19-16(18-12)11-3-5-14(6-4-11)20(21)22/h3-6,9,13H,2,7-8,10H2,1H3,(H,17,18,19). The van der Waals surface area contributed by atoms with Crippen molar-refractivity contribution in [3.05, 3.63) is 46.1 Å². The average molecular weight is 362 g/mol. The SMILES string of the molecule is CCc1cc(NC2CCS(=O)(=O)C2)nc(-c2ccc([N+](=O)[O-])cc2)n1. The second-order valence-corrected chi connectivity index (χ2v) is 8.20. The number of hydrogen-bond donors (Lipinski definition) is 1. The molecule has 1 aliphatic heterocycles. The minimum atomic E-state index is -2.98. The number of nitro groups is 1. The quantitative estimate of drug-likeness (QED) is 0.640. The zero-order valence-corrected chi connectivity index (χ0v) is 14.5. The lowest BCUT2D eigenvalue weighted by Crippen LogP contribution is -2.21. The highest BCUT2D eigenvalue weighted by Crippen LogP contribution is 2.23. The maximum atomic E-state index is 11.6. The van der Waals surface area contributed by atoms with Crippen LogP contribution in [0, 0.1) is 10.1 Å². The van der Waals surface area contributed by atoms with Crippen molar-refractivity contribution in [1.29, 1.82) is 0 Å². The van der Waals surface area contributed by atoms with Gasteiger partial charge in [0.1, 0.15) is 5.82 Å². The normalized spacial score (nSPS) is 18.8. The summed E-state index contributed by atoms with van der Waals surface area (Å²) >= 11 is 0. The van der Waals surface area contributed by atoms with Crippen LogP contribution in [0.3, 0.4) is 0 Å². The lowest BCUT2D eigenvalue weighted by Gasteiger charge is -2.13. The van der Waals surface area contributed by atoms with Crippen LogP contribution in [0.15, 0.2) is 30.3 Å². The van der Waals surface area contributed by atoms with Gasteiger partial charge in [0.2, 0.25) is 0 Å². The van der Waals surface area contributed by atoms with Gasteiger partial charge in [-0.1, -0.05) is 6.92 Å². The second-order valence-electron chi connectivity index (χ2n) is 5.97. The maximum Gasteiger partial charge on any atom is 0.269 e. The summed E-state index contributed by atoms with van der Waals surface area (Å²) < 4.78 is 23.2. The number of nitrogens with one attached hydrogen (secondary N) is 1. The van der Waals surface area contributed by atoms with Crippen LogP contribution in [-0.2, 0) is 16.3 Å². The molecule has 3 rings (SSSR count). The Labute approximate surface area is 145 Å². The monoisotopic (exact) mass is 362 g/mol. The fraction of sp³-hybridized carbons (Fsp3) is 0.375. The first kappa shape index (κ1) is 17.3. The van der Waals surface area contributed by atoms with E-state index in [1.54, 1.807) is 18.2 Å². The Morgan fingerprint density at radius 3 is 2.56 bits per heavy atom. The predicted molar refractivity (Wildman–Crippen MR) is 94.2 cm³/mol. The number of rotatable bonds is 5. The van der Waals surface area contributed by atoms with Gasteiger partial charge < -0.3 is 5.32 Å². The van der Waals surface area contributed by atoms with Crippen molar-refractivity contribution >= 4 is 21.3 Å². The molecule has 1 aromatic carbocycles. The van der Waals surface area contributed by atoms with Crippen molar-refractivity contribution in [2.45, 2.75) is 25.8 Å². The van der Waals surface area contributed by atoms with Crippen LogP contribution in [-0.4, -0.2) is 40.9 Å². The van der Waals surface area contributed by atoms with Gasteiger partial charge in [-0.15, -0.1) is 0 Å². The number of hydrogen-bond acceptors (Lipinski definition) is 7. The molecule has 0 aliphatic carbocycles. The first-order chi connectivity index (χ1) is 11.9. The van der Waals surface area contributed by atoms with Gasteiger partial charge in [0.05, 0.1) is 16.4 Å². The van der Waals surface area contributed by atoms with E-state index in [9.17, 15) is 18.5 Å². The van der Waals surface area contributed by atoms with E-state index in [1.807, 2.05) is 6.92 Å². The summed E-state index contributed by atoms with van der Waals surface area (Å²) in [4.78, 5) is 19.2. The zero-order valence-electron chi connectivity index (χ0n) is 13.7. The molecule has 0 spiro atoms. The van der Waals surface area contributed by atoms with Gasteiger partial charge in [0.25, 0.3) is 5.69 Å². The molecule has 132 valence electrons. The molecule has 1 fully saturated rings. The number of benzene rings is 1. The Morgan fingerprint density at radius 1 is 1.28 bits per heavy atom. The van der Waals surface area contributed by atoms with Crippen LogP contribution < -0.4 is 5.32 Å². The average Bonchev–Trinajstić information content (AvgIpc) is 2.93. The molecule has 1 unspecified atom stereocenters. The Morgan fingerprint density at radius 2 is 2.00 bits per heavy atom. The fourth-order valence-electron chi connectivity index (χ4n) is 2.73. The second kappa shape index (κ2) is 6.75. The summed E-state index contributed by atoms with van der Waals surface area (Å²) in [6, 6.07) is 7.68. The summed E-state index contributed by atoms with van der Waals surface area (Å²) in [6.07, 6.45) is 1.25. The lowest BCUT2D eigenvalue weighted by atomic mass is 10.2. The van der Waals surface area contributed by atoms with E-state index in [2.05, 4.69) is 15.3 Å². The highest BCUT2D eigenvalue weighted by Gasteiger charge is 2.28. The van der Waals surface area contributed by atoms with E-state index in [4.69, 9.17) is 0 Å². The third kappa shape index (κ3) is 4.11. The molecule has 2 aromatic rings. The maximum absolute atomic E-state index is 11.6. The number of sulfone groups is 1. The van der Waals surface area contributed by atoms with Gasteiger partial charge in [-0.2, -0.15) is 0 Å². The van der Waals surface area contributed by atoms with Crippen LogP contribution in [0.1, 0.15) is 19.0 Å². The summed E-state index contributed by atoms with van der Waals surface area (Å²) in [5, 5.41) is 13.9. The fourth-order valence-corrected chi connectivity index (χ4v) is 4.41. The molecule has 9 heteroatoms. The van der Waals surface area contributed by atoms with Gasteiger partial charge in [-0.3, -0.25) is 10.1 Å². The van der Waals surface area contributed by atoms with Gasteiger partial charge in [-0.25, -0.2) is 18.4 Å². The minimum absolute atomic E-state index is 0.00454. The summed E-state index contributed by atoms with van der Waals surface area (Å²) in [7, 11) is -2.98. The van der Waals surface area contributed by atoms with Crippen molar-refractivity contribution < 1.29 is 13.3 Å². The molecule has 0 saturated carbocycles. The van der Waals surface area contributed by atoms with E-state index in [1.165, 1.54) is 12.1 Å². The van der Waals surface area contributed by atoms with Crippen LogP contribution in [0.5, 0.6) is 0 Å². The van der Waals surface area contributed by atoms with Gasteiger partial charge >= 0.3 is 0 Å². The van der Waals surface area contributed by atoms with Gasteiger partial charge in [-0.05, 0) is 25.0 Å². The molecule has 0 radical (unpaired) electrons. The van der Waals surface area contributed by atoms with Crippen LogP contribution in [0.2, 0.25) is 0 Å². The van der Waals surface area contributed by atoms with Crippen LogP contribution in [0.25, 0.3) is 11.4 Å². The number of aromatic nitrogens is 2. The molecule has 1 aliphatic rings. The van der Waals surface area contributed by atoms with Gasteiger partial charge in [0.15, 0.2) is 15.7 Å². The van der Waals surface area contributed by atoms with Crippen molar-refractivity contribution in [3.8, 4) is 11.4 Å². The molecule has 1 aromatic heterocycles. The molecule has 1 atom stereocenters. The third-order valence-electron chi connectivity index (χ3n) is 4.06.